The van der Waals surface area contributed by atoms with Gasteiger partial charge in [0.15, 0.2) is 0 Å². The summed E-state index contributed by atoms with van der Waals surface area (Å²) in [6, 6.07) is 20.8. The highest BCUT2D eigenvalue weighted by atomic mass is 35.5. The van der Waals surface area contributed by atoms with Crippen molar-refractivity contribution in [2.24, 2.45) is 17.4 Å². The fourth-order valence-electron chi connectivity index (χ4n) is 18.8. The SMILES string of the molecule is COCCC[C@@H]1NC(=O)[C@H](Cc2ccc(O)cc2)NC(=O)CNC(=O)[C@@H](C)N(C)C(=O)[C@H](CC(=O)O)NC(=O)[C@H]([C@@H](C)c2cc(Cl)cc3ccccc23)NC(=O)[C@@H]2C[C@@H](N)CN2C(=O)CNC(=O)[C@H](Cc2ccc(C(=O)O)cc2)NC(=O)[C@H](Cc2c[nH]c3ccccc23)NC(=O)[C@H](Cc2ccc(OCCNC(C)=O)cc2)NC(=O)[C@@H]2C[C@@H](Cc3ccc(-c4cncnc4)cc3)CN2C(=O)[C@H]2C[C@H](N)CN2C(=O)[C@H](C)NC1=O. The number of amides is 15. The van der Waals surface area contributed by atoms with Crippen LogP contribution in [0, 0.1) is 5.92 Å². The van der Waals surface area contributed by atoms with E-state index in [-0.39, 0.29) is 125 Å². The molecule has 0 unspecified atom stereocenters. The normalized spacial score (nSPS) is 23.9. The third-order valence-electron chi connectivity index (χ3n) is 26.7. The number of aliphatic carboxylic acids is 1. The first kappa shape index (κ1) is 108. The molecule has 16 atom stereocenters. The maximum Gasteiger partial charge on any atom is 0.335 e. The molecule has 0 aliphatic carbocycles. The van der Waals surface area contributed by atoms with Gasteiger partial charge in [0.25, 0.3) is 0 Å². The molecule has 43 heteroatoms. The lowest BCUT2D eigenvalue weighted by Crippen LogP contribution is -2.60. The Balaban J connectivity index is 0.878. The molecule has 4 aliphatic rings. The second-order valence-electron chi connectivity index (χ2n) is 37.5. The molecule has 13 rings (SSSR count). The Morgan fingerprint density at radius 1 is 0.531 bits per heavy atom. The van der Waals surface area contributed by atoms with E-state index in [4.69, 9.17) is 32.5 Å². The Labute approximate surface area is 850 Å². The minimum atomic E-state index is -2.01. The Morgan fingerprint density at radius 3 is 1.71 bits per heavy atom. The first-order valence-electron chi connectivity index (χ1n) is 48.3. The summed E-state index contributed by atoms with van der Waals surface area (Å²) in [5.41, 5.74) is 18.0. The van der Waals surface area contributed by atoms with Crippen molar-refractivity contribution in [2.75, 3.05) is 66.6 Å². The lowest BCUT2D eigenvalue weighted by Gasteiger charge is -2.33. The van der Waals surface area contributed by atoms with Gasteiger partial charge in [0.2, 0.25) is 88.6 Å². The number of phenols is 1. The van der Waals surface area contributed by atoms with Crippen LogP contribution in [0.3, 0.4) is 0 Å². The van der Waals surface area contributed by atoms with Crippen molar-refractivity contribution in [1.82, 2.24) is 93.0 Å². The number of carbonyl (C=O) groups excluding carboxylic acids is 15. The van der Waals surface area contributed by atoms with E-state index in [1.807, 2.05) is 24.3 Å². The number of carboxylic acids is 2. The summed E-state index contributed by atoms with van der Waals surface area (Å²) in [7, 11) is 2.52. The summed E-state index contributed by atoms with van der Waals surface area (Å²) in [6.45, 7) is 3.29. The van der Waals surface area contributed by atoms with Gasteiger partial charge in [-0.2, -0.15) is 0 Å². The highest BCUT2D eigenvalue weighted by Crippen LogP contribution is 2.36. The number of para-hydroxylation sites is 1. The molecule has 7 aromatic carbocycles. The van der Waals surface area contributed by atoms with Crippen LogP contribution in [0.5, 0.6) is 11.5 Å². The number of likely N-dealkylation sites (N-methyl/N-ethyl adjacent to an activating group) is 1. The summed E-state index contributed by atoms with van der Waals surface area (Å²) in [5, 5.41) is 62.1. The van der Waals surface area contributed by atoms with Gasteiger partial charge in [-0.15, -0.1) is 0 Å². The number of aromatic hydroxyl groups is 1. The molecule has 42 nitrogen and oxygen atoms in total. The molecule has 4 fully saturated rings. The number of rotatable bonds is 24. The standard InChI is InChI=1S/C104H121ClN20O22/c1-56(77-43-70(105)41-67-12-7-8-13-75(67)77)91-100(140)120-84(46-90(130)131)102(142)122(5)58(3)92(132)112-50-88(128)115-81(38-62-21-29-73(127)30-22-62)95(135)116-79(16-11-34-146-6)94(134)114-57(2)101(141)125-54-72(107)45-87(125)103(143)124-52-64(36-60-17-25-65(26-18-60)69-47-108-55-109-48-69)40-85(124)98(138)119-82(39-63-23-31-74(32-24-63)147-35-33-110-59(4)126)96(136)118-83(42-68-49-111-78-15-10-9-14-76(68)78)97(137)117-80(37-61-19-27-66(28-20-61)104(144)145)93(133)113-51-89(129)123-53-71(106)44-86(123)99(139)121-91/h7-10,12-15,17-32,41,43,47-49,55-58,64,71-72,79-87,91,111,127H,11,16,33-40,42,44-46,50-54,106-107H2,1-6H3,(H,110,126)(H,112,132)(H,113,133)(H,114,134)(H,115,128)(H,116,135)(H,117,137)(H,118,136)(H,119,138)(H,120,140)(H,121,139)(H,130,131)(H,144,145)/t56-,57-,58+,64+,71+,72-,79-,80-,81-,82-,83-,84-,85-,86-,87+,91-/m0/s1. The number of nitrogens with one attached hydrogen (secondary N) is 12. The van der Waals surface area contributed by atoms with E-state index in [9.17, 15) is 53.7 Å². The molecular weight excluding hydrogens is 1920 g/mol. The Hall–Kier alpha value is -15.8. The first-order chi connectivity index (χ1) is 70.3. The van der Waals surface area contributed by atoms with Crippen molar-refractivity contribution in [3.05, 3.63) is 227 Å². The predicted molar refractivity (Wildman–Crippen MR) is 536 cm³/mol. The molecule has 0 spiro atoms. The lowest BCUT2D eigenvalue weighted by atomic mass is 9.88. The van der Waals surface area contributed by atoms with Crippen LogP contribution in [-0.2, 0) is 114 Å². The third kappa shape index (κ3) is 28.7. The van der Waals surface area contributed by atoms with Gasteiger partial charge in [-0.1, -0.05) is 122 Å². The maximum absolute atomic E-state index is 16.1. The zero-order valence-electron chi connectivity index (χ0n) is 81.8. The van der Waals surface area contributed by atoms with Crippen LogP contribution in [0.15, 0.2) is 183 Å². The number of aromatic nitrogens is 3. The number of phenolic OH excluding ortho intramolecular Hbond substituents is 1. The quantitative estimate of drug-likeness (QED) is 0.0382. The van der Waals surface area contributed by atoms with E-state index < -0.39 is 217 Å². The molecule has 2 aromatic heterocycles. The van der Waals surface area contributed by atoms with Crippen molar-refractivity contribution in [3.63, 3.8) is 0 Å². The highest BCUT2D eigenvalue weighted by molar-refractivity contribution is 6.31. The average Bonchev–Trinajstić information content (AvgIpc) is 1.57. The van der Waals surface area contributed by atoms with Crippen molar-refractivity contribution in [3.8, 4) is 22.6 Å². The zero-order chi connectivity index (χ0) is 106. The molecule has 4 aliphatic heterocycles. The van der Waals surface area contributed by atoms with Gasteiger partial charge in [0, 0.05) is 131 Å². The number of carboxylic acid groups (broad SMARTS) is 2. The molecule has 6 heterocycles. The van der Waals surface area contributed by atoms with E-state index in [2.05, 4.69) is 73.4 Å². The smallest absolute Gasteiger partial charge is 0.335 e. The number of aromatic carboxylic acids is 1. The number of hydrogen-bond acceptors (Lipinski definition) is 24. The second-order valence-corrected chi connectivity index (χ2v) is 37.9. The zero-order valence-corrected chi connectivity index (χ0v) is 82.6. The van der Waals surface area contributed by atoms with E-state index in [1.54, 1.807) is 104 Å². The van der Waals surface area contributed by atoms with Gasteiger partial charge in [0.1, 0.15) is 96.9 Å². The van der Waals surface area contributed by atoms with E-state index in [0.29, 0.717) is 49.7 Å². The number of ether oxygens (including phenoxy) is 2. The maximum atomic E-state index is 16.1. The van der Waals surface area contributed by atoms with Crippen LogP contribution < -0.4 is 74.7 Å². The first-order valence-corrected chi connectivity index (χ1v) is 48.7. The van der Waals surface area contributed by atoms with Crippen LogP contribution in [0.4, 0.5) is 0 Å². The van der Waals surface area contributed by atoms with Crippen molar-refractivity contribution in [2.45, 2.75) is 189 Å². The van der Waals surface area contributed by atoms with Gasteiger partial charge in [0.05, 0.1) is 31.6 Å². The van der Waals surface area contributed by atoms with E-state index in [0.717, 1.165) is 33.5 Å². The summed E-state index contributed by atoms with van der Waals surface area (Å²) >= 11 is 6.76. The minimum Gasteiger partial charge on any atom is -0.508 e. The largest absolute Gasteiger partial charge is 0.508 e. The summed E-state index contributed by atoms with van der Waals surface area (Å²) in [4.78, 5) is 267. The van der Waals surface area contributed by atoms with E-state index >= 15 is 43.2 Å². The van der Waals surface area contributed by atoms with Crippen molar-refractivity contribution < 1.29 is 106 Å². The number of methoxy groups -OCH3 is 1. The Morgan fingerprint density at radius 2 is 1.07 bits per heavy atom. The van der Waals surface area contributed by atoms with Crippen LogP contribution in [0.1, 0.15) is 116 Å². The molecule has 9 aromatic rings. The predicted octanol–water partition coefficient (Wildman–Crippen LogP) is 1.63. The molecule has 147 heavy (non-hydrogen) atoms. The van der Waals surface area contributed by atoms with Gasteiger partial charge in [-0.05, 0) is 163 Å². The number of hydrogen-bond donors (Lipinski definition) is 17. The molecule has 0 saturated carbocycles. The monoisotopic (exact) mass is 2040 g/mol. The summed E-state index contributed by atoms with van der Waals surface area (Å²) in [6.07, 6.45) is 3.64. The van der Waals surface area contributed by atoms with Gasteiger partial charge >= 0.3 is 11.9 Å². The number of aromatic amines is 1. The Bertz CT molecular complexity index is 6340. The number of nitrogens with zero attached hydrogens (tertiary/aromatic N) is 6. The second kappa shape index (κ2) is 50.1. The molecular formula is C104H121ClN20O22. The highest BCUT2D eigenvalue weighted by Gasteiger charge is 2.50. The molecule has 4 saturated heterocycles. The number of carbonyl (C=O) groups is 17. The van der Waals surface area contributed by atoms with Crippen molar-refractivity contribution >= 4 is 134 Å². The van der Waals surface area contributed by atoms with Crippen LogP contribution in [-0.4, -0.2) is 302 Å². The molecule has 776 valence electrons. The summed E-state index contributed by atoms with van der Waals surface area (Å²) in [5.74, 6) is -18.2. The number of benzene rings is 7. The molecule has 19 N–H and O–H groups in total. The fourth-order valence-corrected chi connectivity index (χ4v) is 19.1. The van der Waals surface area contributed by atoms with Crippen molar-refractivity contribution in [1.29, 1.82) is 0 Å². The van der Waals surface area contributed by atoms with Crippen LogP contribution in [0.25, 0.3) is 32.8 Å². The Kier molecular flexibility index (Phi) is 37.0. The molecule has 0 bridgehead atoms. The number of fused-ring (bicyclic) bond motifs is 5. The van der Waals surface area contributed by atoms with Crippen LogP contribution >= 0.6 is 11.6 Å². The topological polar surface area (TPSA) is 608 Å². The number of halogens is 1. The number of nitrogens with two attached hydrogens (primary N) is 2. The fraction of sp³-hybridized carbons (Fsp3) is 0.394. The van der Waals surface area contributed by atoms with Gasteiger partial charge in [-0.25, -0.2) is 14.8 Å². The molecule has 15 amide bonds. The molecule has 0 radical (unpaired) electrons. The van der Waals surface area contributed by atoms with E-state index in [1.165, 1.54) is 98.6 Å². The van der Waals surface area contributed by atoms with Gasteiger partial charge in [-0.3, -0.25) is 76.7 Å². The third-order valence-corrected chi connectivity index (χ3v) is 27.0. The number of H-pyrrole nitrogens is 1. The summed E-state index contributed by atoms with van der Waals surface area (Å²) < 4.78 is 11.3. The minimum absolute atomic E-state index is 0.0416. The van der Waals surface area contributed by atoms with Gasteiger partial charge < -0.3 is 119 Å². The van der Waals surface area contributed by atoms with Crippen LogP contribution in [0.2, 0.25) is 5.02 Å². The lowest BCUT2D eigenvalue weighted by molar-refractivity contribution is -0.148. The average molecular weight is 2040 g/mol.